The summed E-state index contributed by atoms with van der Waals surface area (Å²) in [4.78, 5) is 10.2. The number of ether oxygens (including phenoxy) is 1. The number of rotatable bonds is 7. The minimum absolute atomic E-state index is 0.0275. The molecule has 0 atom stereocenters. The van der Waals surface area contributed by atoms with Crippen molar-refractivity contribution in [2.75, 3.05) is 13.2 Å². The van der Waals surface area contributed by atoms with Gasteiger partial charge in [-0.1, -0.05) is 29.8 Å². The summed E-state index contributed by atoms with van der Waals surface area (Å²) < 4.78 is 6.13. The number of non-ortho nitro benzene ring substituents is 1. The van der Waals surface area contributed by atoms with Crippen molar-refractivity contribution < 1.29 is 9.66 Å². The Bertz CT molecular complexity index is 410. The molecule has 1 rings (SSSR count). The second-order valence-electron chi connectivity index (χ2n) is 4.21. The van der Waals surface area contributed by atoms with Crippen LogP contribution in [-0.2, 0) is 0 Å². The maximum atomic E-state index is 10.7. The second-order valence-corrected chi connectivity index (χ2v) is 5.13. The van der Waals surface area contributed by atoms with Crippen LogP contribution in [-0.4, -0.2) is 24.1 Å². The van der Waals surface area contributed by atoms with Gasteiger partial charge in [0.25, 0.3) is 5.69 Å². The van der Waals surface area contributed by atoms with E-state index in [9.17, 15) is 10.1 Å². The van der Waals surface area contributed by atoms with Gasteiger partial charge in [-0.05, 0) is 19.0 Å². The van der Waals surface area contributed by atoms with Crippen LogP contribution >= 0.6 is 15.9 Å². The van der Waals surface area contributed by atoms with Gasteiger partial charge in [0.2, 0.25) is 0 Å². The number of nitro benzene ring substituents is 1. The third kappa shape index (κ3) is 5.46. The molecule has 0 bridgehead atoms. The van der Waals surface area contributed by atoms with Crippen LogP contribution in [0.1, 0.15) is 20.3 Å². The molecule has 18 heavy (non-hydrogen) atoms. The topological polar surface area (TPSA) is 64.4 Å². The molecule has 0 spiro atoms. The molecule has 5 nitrogen and oxygen atoms in total. The largest absolute Gasteiger partial charge is 0.493 e. The first-order chi connectivity index (χ1) is 8.49. The van der Waals surface area contributed by atoms with Crippen molar-refractivity contribution in [3.05, 3.63) is 32.8 Å². The fourth-order valence-corrected chi connectivity index (χ4v) is 1.85. The lowest BCUT2D eigenvalue weighted by Gasteiger charge is -2.09. The van der Waals surface area contributed by atoms with E-state index >= 15 is 0 Å². The Kier molecular flexibility index (Phi) is 6.07. The quantitative estimate of drug-likeness (QED) is 0.477. The summed E-state index contributed by atoms with van der Waals surface area (Å²) in [6.45, 7) is 5.57. The number of halogens is 1. The zero-order valence-corrected chi connectivity index (χ0v) is 12.1. The van der Waals surface area contributed by atoms with Gasteiger partial charge in [-0.15, -0.1) is 0 Å². The van der Waals surface area contributed by atoms with Gasteiger partial charge in [-0.25, -0.2) is 0 Å². The van der Waals surface area contributed by atoms with E-state index in [1.807, 2.05) is 0 Å². The molecule has 0 saturated heterocycles. The van der Waals surface area contributed by atoms with E-state index in [-0.39, 0.29) is 5.69 Å². The van der Waals surface area contributed by atoms with E-state index in [0.717, 1.165) is 13.0 Å². The Labute approximate surface area is 115 Å². The molecule has 1 aromatic rings. The lowest BCUT2D eigenvalue weighted by atomic mass is 10.3. The molecule has 100 valence electrons. The van der Waals surface area contributed by atoms with E-state index < -0.39 is 4.92 Å². The van der Waals surface area contributed by atoms with Gasteiger partial charge < -0.3 is 10.1 Å². The summed E-state index contributed by atoms with van der Waals surface area (Å²) in [7, 11) is 0. The molecule has 0 saturated carbocycles. The summed E-state index contributed by atoms with van der Waals surface area (Å²) >= 11 is 3.23. The fourth-order valence-electron chi connectivity index (χ4n) is 1.39. The number of nitrogens with zero attached hydrogens (tertiary/aromatic N) is 1. The van der Waals surface area contributed by atoms with Gasteiger partial charge in [-0.3, -0.25) is 10.1 Å². The Hall–Kier alpha value is -1.14. The molecule has 0 aliphatic rings. The third-order valence-electron chi connectivity index (χ3n) is 2.21. The van der Waals surface area contributed by atoms with Crippen LogP contribution in [0.25, 0.3) is 0 Å². The lowest BCUT2D eigenvalue weighted by molar-refractivity contribution is -0.385. The number of benzene rings is 1. The number of nitro groups is 1. The first-order valence-electron chi connectivity index (χ1n) is 5.80. The van der Waals surface area contributed by atoms with Crippen molar-refractivity contribution in [3.63, 3.8) is 0 Å². The molecule has 0 radical (unpaired) electrons. The monoisotopic (exact) mass is 316 g/mol. The van der Waals surface area contributed by atoms with Gasteiger partial charge in [-0.2, -0.15) is 0 Å². The average molecular weight is 317 g/mol. The van der Waals surface area contributed by atoms with Crippen LogP contribution in [0.15, 0.2) is 22.7 Å². The third-order valence-corrected chi connectivity index (χ3v) is 2.67. The number of hydrogen-bond donors (Lipinski definition) is 1. The molecule has 0 aromatic heterocycles. The highest BCUT2D eigenvalue weighted by atomic mass is 79.9. The Morgan fingerprint density at radius 3 is 2.78 bits per heavy atom. The zero-order chi connectivity index (χ0) is 13.5. The summed E-state index contributed by atoms with van der Waals surface area (Å²) in [5, 5.41) is 14.0. The van der Waals surface area contributed by atoms with Gasteiger partial charge in [0.15, 0.2) is 0 Å². The lowest BCUT2D eigenvalue weighted by Crippen LogP contribution is -2.24. The summed E-state index contributed by atoms with van der Waals surface area (Å²) in [6, 6.07) is 5.06. The van der Waals surface area contributed by atoms with Crippen LogP contribution in [0.2, 0.25) is 0 Å². The van der Waals surface area contributed by atoms with Crippen molar-refractivity contribution in [1.29, 1.82) is 0 Å². The minimum atomic E-state index is -0.433. The van der Waals surface area contributed by atoms with Crippen LogP contribution < -0.4 is 10.1 Å². The highest BCUT2D eigenvalue weighted by molar-refractivity contribution is 9.10. The summed E-state index contributed by atoms with van der Waals surface area (Å²) in [5.74, 6) is 0.514. The molecule has 6 heteroatoms. The Balaban J connectivity index is 2.44. The molecule has 1 aromatic carbocycles. The molecular weight excluding hydrogens is 300 g/mol. The number of hydrogen-bond acceptors (Lipinski definition) is 4. The van der Waals surface area contributed by atoms with Crippen molar-refractivity contribution >= 4 is 21.6 Å². The smallest absolute Gasteiger partial charge is 0.274 e. The van der Waals surface area contributed by atoms with Crippen LogP contribution in [0.4, 0.5) is 5.69 Å². The van der Waals surface area contributed by atoms with E-state index in [1.165, 1.54) is 12.1 Å². The van der Waals surface area contributed by atoms with E-state index in [1.54, 1.807) is 6.07 Å². The van der Waals surface area contributed by atoms with Crippen molar-refractivity contribution in [2.24, 2.45) is 0 Å². The van der Waals surface area contributed by atoms with Gasteiger partial charge >= 0.3 is 0 Å². The van der Waals surface area contributed by atoms with Crippen molar-refractivity contribution in [3.8, 4) is 5.75 Å². The summed E-state index contributed by atoms with van der Waals surface area (Å²) in [5.41, 5.74) is 0.0275. The van der Waals surface area contributed by atoms with Crippen LogP contribution in [0.5, 0.6) is 5.75 Å². The normalized spacial score (nSPS) is 10.7. The van der Waals surface area contributed by atoms with Gasteiger partial charge in [0.1, 0.15) is 5.75 Å². The van der Waals surface area contributed by atoms with Crippen molar-refractivity contribution in [2.45, 2.75) is 26.3 Å². The van der Waals surface area contributed by atoms with E-state index in [2.05, 4.69) is 35.1 Å². The fraction of sp³-hybridized carbons (Fsp3) is 0.500. The second kappa shape index (κ2) is 7.33. The highest BCUT2D eigenvalue weighted by Crippen LogP contribution is 2.26. The average Bonchev–Trinajstić information content (AvgIpc) is 2.27. The predicted octanol–water partition coefficient (Wildman–Crippen LogP) is 3.12. The molecule has 0 unspecified atom stereocenters. The number of nitrogens with one attached hydrogen (secondary N) is 1. The standard InChI is InChI=1S/C12H17BrN2O3/c1-9(2)14-4-3-5-18-12-7-10(13)6-11(8-12)15(16)17/h6-9,14H,3-5H2,1-2H3. The highest BCUT2D eigenvalue weighted by Gasteiger charge is 2.09. The molecule has 1 N–H and O–H groups in total. The Morgan fingerprint density at radius 1 is 1.44 bits per heavy atom. The minimum Gasteiger partial charge on any atom is -0.493 e. The van der Waals surface area contributed by atoms with Crippen LogP contribution in [0, 0.1) is 10.1 Å². The maximum Gasteiger partial charge on any atom is 0.274 e. The first-order valence-corrected chi connectivity index (χ1v) is 6.59. The molecular formula is C12H17BrN2O3. The van der Waals surface area contributed by atoms with Gasteiger partial charge in [0, 0.05) is 16.6 Å². The molecule has 0 amide bonds. The zero-order valence-electron chi connectivity index (χ0n) is 10.5. The molecule has 0 heterocycles. The Morgan fingerprint density at radius 2 is 2.17 bits per heavy atom. The SMILES string of the molecule is CC(C)NCCCOc1cc(Br)cc([N+](=O)[O-])c1. The van der Waals surface area contributed by atoms with Crippen molar-refractivity contribution in [1.82, 2.24) is 5.32 Å². The maximum absolute atomic E-state index is 10.7. The first kappa shape index (κ1) is 14.9. The van der Waals surface area contributed by atoms with E-state index in [4.69, 9.17) is 4.74 Å². The van der Waals surface area contributed by atoms with Crippen LogP contribution in [0.3, 0.4) is 0 Å². The molecule has 0 fully saturated rings. The van der Waals surface area contributed by atoms with E-state index in [0.29, 0.717) is 22.9 Å². The summed E-state index contributed by atoms with van der Waals surface area (Å²) in [6.07, 6.45) is 0.860. The van der Waals surface area contributed by atoms with Gasteiger partial charge in [0.05, 0.1) is 17.6 Å². The molecule has 0 aliphatic heterocycles. The molecule has 0 aliphatic carbocycles. The predicted molar refractivity (Wildman–Crippen MR) is 74.0 cm³/mol.